The molecule has 9 atom stereocenters. The van der Waals surface area contributed by atoms with Gasteiger partial charge in [-0.2, -0.15) is 0 Å². The van der Waals surface area contributed by atoms with E-state index in [4.69, 9.17) is 9.47 Å². The van der Waals surface area contributed by atoms with Crippen LogP contribution in [-0.4, -0.2) is 110 Å². The molecule has 0 spiro atoms. The highest BCUT2D eigenvalue weighted by Gasteiger charge is 2.44. The van der Waals surface area contributed by atoms with Gasteiger partial charge in [0.25, 0.3) is 0 Å². The summed E-state index contributed by atoms with van der Waals surface area (Å²) in [5, 5.41) is 75.5. The van der Waals surface area contributed by atoms with Gasteiger partial charge in [-0.25, -0.2) is 0 Å². The van der Waals surface area contributed by atoms with Crippen LogP contribution in [0.3, 0.4) is 0 Å². The van der Waals surface area contributed by atoms with Gasteiger partial charge in [0, 0.05) is 0 Å². The quantitative estimate of drug-likeness (QED) is 0.0300. The van der Waals surface area contributed by atoms with Crippen LogP contribution in [0.5, 0.6) is 0 Å². The molecule has 1 amide bonds. The maximum Gasteiger partial charge on any atom is 0.249 e. The average Bonchev–Trinajstić information content (AvgIpc) is 3.18. The van der Waals surface area contributed by atoms with Crippen molar-refractivity contribution in [3.8, 4) is 0 Å². The van der Waals surface area contributed by atoms with Crippen molar-refractivity contribution < 1.29 is 50.0 Å². The van der Waals surface area contributed by atoms with Crippen LogP contribution in [0.15, 0.2) is 0 Å². The van der Waals surface area contributed by atoms with E-state index in [0.717, 1.165) is 38.5 Å². The van der Waals surface area contributed by atoms with E-state index in [0.29, 0.717) is 19.3 Å². The van der Waals surface area contributed by atoms with E-state index in [1.807, 2.05) is 0 Å². The molecule has 0 aromatic rings. The van der Waals surface area contributed by atoms with Crippen molar-refractivity contribution in [2.75, 3.05) is 13.2 Å². The normalized spacial score (nSPS) is 22.4. The van der Waals surface area contributed by atoms with Gasteiger partial charge in [-0.05, 0) is 12.8 Å². The van der Waals surface area contributed by atoms with Crippen LogP contribution in [0, 0.1) is 0 Å². The molecular formula is C44H87NO10. The number of ether oxygens (including phenoxy) is 2. The van der Waals surface area contributed by atoms with Crippen molar-refractivity contribution in [3.05, 3.63) is 0 Å². The Labute approximate surface area is 335 Å². The number of rotatable bonds is 38. The topological polar surface area (TPSA) is 189 Å². The SMILES string of the molecule is CCCCCCCCCCCCCCCCCCCC[C@@H](O)C(=O)NC(COC1OC(CO)[C@H](O)[C@@H](O)[C@@H]1O)[C@H](O)[C@H](O)CCCCCCCCCCCC. The molecule has 0 aromatic heterocycles. The van der Waals surface area contributed by atoms with Crippen molar-refractivity contribution in [2.24, 2.45) is 0 Å². The smallest absolute Gasteiger partial charge is 0.249 e. The van der Waals surface area contributed by atoms with E-state index in [9.17, 15) is 40.5 Å². The van der Waals surface area contributed by atoms with Gasteiger partial charge in [0.1, 0.15) is 36.6 Å². The summed E-state index contributed by atoms with van der Waals surface area (Å²) in [5.41, 5.74) is 0. The second kappa shape index (κ2) is 35.1. The maximum atomic E-state index is 13.1. The second-order valence-corrected chi connectivity index (χ2v) is 16.5. The van der Waals surface area contributed by atoms with Crippen molar-refractivity contribution in [1.29, 1.82) is 0 Å². The highest BCUT2D eigenvalue weighted by molar-refractivity contribution is 5.80. The van der Waals surface area contributed by atoms with Crippen LogP contribution in [-0.2, 0) is 14.3 Å². The van der Waals surface area contributed by atoms with Crippen molar-refractivity contribution in [2.45, 2.75) is 262 Å². The highest BCUT2D eigenvalue weighted by atomic mass is 16.7. The van der Waals surface area contributed by atoms with Crippen LogP contribution >= 0.6 is 0 Å². The number of carbonyl (C=O) groups is 1. The Balaban J connectivity index is 2.41. The summed E-state index contributed by atoms with van der Waals surface area (Å²) in [4.78, 5) is 13.1. The van der Waals surface area contributed by atoms with Gasteiger partial charge < -0.3 is 50.5 Å². The molecule has 1 aliphatic heterocycles. The zero-order chi connectivity index (χ0) is 40.5. The summed E-state index contributed by atoms with van der Waals surface area (Å²) >= 11 is 0. The average molecular weight is 790 g/mol. The van der Waals surface area contributed by atoms with Gasteiger partial charge in [0.2, 0.25) is 5.91 Å². The standard InChI is InChI=1S/C44H87NO10/c1-3-5-7-9-11-13-15-16-17-18-19-20-21-22-24-26-28-30-32-37(48)43(53)45-35(34-54-44-42(52)41(51)40(50)38(33-46)55-44)39(49)36(47)31-29-27-25-23-14-12-10-8-6-4-2/h35-42,44,46-52H,3-34H2,1-2H3,(H,45,53)/t35?,36-,37-,38?,39+,40+,41-,42+,44?/m1/s1. The number of hydrogen-bond donors (Lipinski definition) is 8. The largest absolute Gasteiger partial charge is 0.394 e. The van der Waals surface area contributed by atoms with Gasteiger partial charge in [-0.1, -0.05) is 194 Å². The van der Waals surface area contributed by atoms with Gasteiger partial charge in [0.05, 0.1) is 25.4 Å². The van der Waals surface area contributed by atoms with E-state index in [-0.39, 0.29) is 6.42 Å². The van der Waals surface area contributed by atoms with Gasteiger partial charge >= 0.3 is 0 Å². The monoisotopic (exact) mass is 790 g/mol. The molecule has 0 aromatic carbocycles. The fraction of sp³-hybridized carbons (Fsp3) is 0.977. The number of hydrogen-bond acceptors (Lipinski definition) is 10. The minimum absolute atomic E-state index is 0.266. The van der Waals surface area contributed by atoms with E-state index in [2.05, 4.69) is 19.2 Å². The molecule has 0 aliphatic carbocycles. The maximum absolute atomic E-state index is 13.1. The summed E-state index contributed by atoms with van der Waals surface area (Å²) in [7, 11) is 0. The molecule has 1 rings (SSSR count). The van der Waals surface area contributed by atoms with Gasteiger partial charge in [-0.3, -0.25) is 4.79 Å². The molecule has 55 heavy (non-hydrogen) atoms. The first-order valence-corrected chi connectivity index (χ1v) is 22.9. The Morgan fingerprint density at radius 2 is 0.945 bits per heavy atom. The molecule has 11 nitrogen and oxygen atoms in total. The van der Waals surface area contributed by atoms with E-state index in [1.165, 1.54) is 128 Å². The molecule has 1 fully saturated rings. The summed E-state index contributed by atoms with van der Waals surface area (Å²) in [6.45, 7) is 3.42. The molecule has 8 N–H and O–H groups in total. The number of nitrogens with one attached hydrogen (secondary N) is 1. The van der Waals surface area contributed by atoms with Crippen molar-refractivity contribution in [3.63, 3.8) is 0 Å². The van der Waals surface area contributed by atoms with E-state index >= 15 is 0 Å². The third-order valence-corrected chi connectivity index (χ3v) is 11.4. The molecule has 3 unspecified atom stereocenters. The molecule has 0 saturated carbocycles. The molecule has 0 bridgehead atoms. The first-order chi connectivity index (χ1) is 26.7. The van der Waals surface area contributed by atoms with Crippen LogP contribution in [0.1, 0.15) is 206 Å². The van der Waals surface area contributed by atoms with E-state index in [1.54, 1.807) is 0 Å². The molecule has 1 heterocycles. The lowest BCUT2D eigenvalue weighted by Crippen LogP contribution is -2.60. The van der Waals surface area contributed by atoms with E-state index < -0.39 is 74.2 Å². The fourth-order valence-corrected chi connectivity index (χ4v) is 7.56. The Hall–Kier alpha value is -0.890. The Morgan fingerprint density at radius 1 is 0.564 bits per heavy atom. The summed E-state index contributed by atoms with van der Waals surface area (Å²) < 4.78 is 11.1. The minimum atomic E-state index is -1.65. The Kier molecular flexibility index (Phi) is 33.3. The van der Waals surface area contributed by atoms with Crippen molar-refractivity contribution >= 4 is 5.91 Å². The van der Waals surface area contributed by atoms with Crippen LogP contribution in [0.25, 0.3) is 0 Å². The van der Waals surface area contributed by atoms with Crippen LogP contribution in [0.4, 0.5) is 0 Å². The Bertz CT molecular complexity index is 866. The number of aliphatic hydroxyl groups excluding tert-OH is 7. The van der Waals surface area contributed by atoms with Gasteiger partial charge in [-0.15, -0.1) is 0 Å². The molecule has 1 aliphatic rings. The van der Waals surface area contributed by atoms with Crippen LogP contribution in [0.2, 0.25) is 0 Å². The predicted octanol–water partition coefficient (Wildman–Crippen LogP) is 7.11. The molecule has 328 valence electrons. The molecule has 1 saturated heterocycles. The zero-order valence-corrected chi connectivity index (χ0v) is 35.2. The third-order valence-electron chi connectivity index (χ3n) is 11.4. The third kappa shape index (κ3) is 25.3. The van der Waals surface area contributed by atoms with Gasteiger partial charge in [0.15, 0.2) is 6.29 Å². The Morgan fingerprint density at radius 3 is 1.35 bits per heavy atom. The molecular weight excluding hydrogens is 702 g/mol. The summed E-state index contributed by atoms with van der Waals surface area (Å²) in [5.74, 6) is -0.695. The lowest BCUT2D eigenvalue weighted by molar-refractivity contribution is -0.303. The predicted molar refractivity (Wildman–Crippen MR) is 220 cm³/mol. The number of amides is 1. The highest BCUT2D eigenvalue weighted by Crippen LogP contribution is 2.23. The zero-order valence-electron chi connectivity index (χ0n) is 35.2. The molecule has 11 heteroatoms. The minimum Gasteiger partial charge on any atom is -0.394 e. The first kappa shape index (κ1) is 52.1. The van der Waals surface area contributed by atoms with Crippen LogP contribution < -0.4 is 5.32 Å². The summed E-state index contributed by atoms with van der Waals surface area (Å²) in [6.07, 6.45) is 23.0. The fourth-order valence-electron chi connectivity index (χ4n) is 7.56. The number of aliphatic hydroxyl groups is 7. The lowest BCUT2D eigenvalue weighted by Gasteiger charge is -2.40. The molecule has 0 radical (unpaired) electrons. The second-order valence-electron chi connectivity index (χ2n) is 16.5. The number of carbonyl (C=O) groups excluding carboxylic acids is 1. The van der Waals surface area contributed by atoms with Crippen molar-refractivity contribution in [1.82, 2.24) is 5.32 Å². The summed E-state index contributed by atoms with van der Waals surface area (Å²) in [6, 6.07) is -1.16. The lowest BCUT2D eigenvalue weighted by atomic mass is 9.98. The first-order valence-electron chi connectivity index (χ1n) is 22.9. The number of unbranched alkanes of at least 4 members (excludes halogenated alkanes) is 26.